The van der Waals surface area contributed by atoms with Crippen LogP contribution in [0.5, 0.6) is 0 Å². The van der Waals surface area contributed by atoms with Gasteiger partial charge in [0, 0.05) is 24.5 Å². The van der Waals surface area contributed by atoms with Crippen molar-refractivity contribution >= 4 is 11.7 Å². The van der Waals surface area contributed by atoms with E-state index in [-0.39, 0.29) is 0 Å². The number of aromatic nitrogens is 2. The summed E-state index contributed by atoms with van der Waals surface area (Å²) in [6, 6.07) is 6.05. The van der Waals surface area contributed by atoms with Crippen LogP contribution in [-0.2, 0) is 13.0 Å². The van der Waals surface area contributed by atoms with E-state index in [1.165, 1.54) is 24.1 Å². The molecule has 0 saturated heterocycles. The molecule has 0 unspecified atom stereocenters. The summed E-state index contributed by atoms with van der Waals surface area (Å²) in [6.45, 7) is 1.74. The zero-order valence-corrected chi connectivity index (χ0v) is 11.7. The maximum Gasteiger partial charge on any atom is 0.335 e. The highest BCUT2D eigenvalue weighted by Crippen LogP contribution is 2.37. The van der Waals surface area contributed by atoms with Gasteiger partial charge in [-0.3, -0.25) is 0 Å². The number of hydrogen-bond acceptors (Lipinski definition) is 3. The number of hydrogen-bond donors (Lipinski definition) is 1. The highest BCUT2D eigenvalue weighted by Gasteiger charge is 2.27. The van der Waals surface area contributed by atoms with Crippen LogP contribution in [0.25, 0.3) is 0 Å². The second-order valence-electron chi connectivity index (χ2n) is 5.84. The number of aromatic carboxylic acids is 1. The van der Waals surface area contributed by atoms with Gasteiger partial charge in [-0.15, -0.1) is 0 Å². The Labute approximate surface area is 122 Å². The van der Waals surface area contributed by atoms with Crippen LogP contribution in [0.1, 0.15) is 40.5 Å². The van der Waals surface area contributed by atoms with E-state index in [2.05, 4.69) is 14.5 Å². The van der Waals surface area contributed by atoms with Crippen LogP contribution in [0.2, 0.25) is 0 Å². The van der Waals surface area contributed by atoms with Crippen LogP contribution in [0.3, 0.4) is 0 Å². The number of carboxylic acids is 1. The van der Waals surface area contributed by atoms with Gasteiger partial charge in [0.05, 0.1) is 24.1 Å². The highest BCUT2D eigenvalue weighted by atomic mass is 16.4. The van der Waals surface area contributed by atoms with Gasteiger partial charge in [-0.05, 0) is 37.0 Å². The van der Waals surface area contributed by atoms with E-state index in [1.54, 1.807) is 12.1 Å². The predicted molar refractivity (Wildman–Crippen MR) is 78.7 cm³/mol. The Bertz CT molecular complexity index is 703. The molecule has 21 heavy (non-hydrogen) atoms. The lowest BCUT2D eigenvalue weighted by Crippen LogP contribution is -2.21. The maximum atomic E-state index is 11.1. The van der Waals surface area contributed by atoms with Crippen LogP contribution in [0.15, 0.2) is 30.7 Å². The third-order valence-electron chi connectivity index (χ3n) is 4.36. The molecule has 4 rings (SSSR count). The number of carboxylic acid groups (broad SMARTS) is 1. The van der Waals surface area contributed by atoms with Gasteiger partial charge in [-0.25, -0.2) is 9.78 Å². The van der Waals surface area contributed by atoms with E-state index >= 15 is 0 Å². The first-order chi connectivity index (χ1) is 10.2. The zero-order chi connectivity index (χ0) is 14.4. The molecular weight excluding hydrogens is 266 g/mol. The topological polar surface area (TPSA) is 58.4 Å². The summed E-state index contributed by atoms with van der Waals surface area (Å²) >= 11 is 0. The molecule has 5 nitrogen and oxygen atoms in total. The van der Waals surface area contributed by atoms with Crippen molar-refractivity contribution in [1.29, 1.82) is 0 Å². The van der Waals surface area contributed by atoms with Crippen molar-refractivity contribution in [2.24, 2.45) is 0 Å². The quantitative estimate of drug-likeness (QED) is 0.936. The first-order valence-corrected chi connectivity index (χ1v) is 7.34. The molecule has 2 aromatic rings. The van der Waals surface area contributed by atoms with E-state index in [4.69, 9.17) is 5.11 Å². The fraction of sp³-hybridized carbons (Fsp3) is 0.375. The monoisotopic (exact) mass is 283 g/mol. The standard InChI is InChI=1S/C16H17N3O2/c20-16(21)12-2-1-11-5-6-18(15(11)7-12)9-14-8-17-10-19(14)13-3-4-13/h1-2,7-8,10,13H,3-6,9H2,(H,20,21). The summed E-state index contributed by atoms with van der Waals surface area (Å²) in [5.41, 5.74) is 3.86. The fourth-order valence-corrected chi connectivity index (χ4v) is 3.07. The third kappa shape index (κ3) is 2.18. The Morgan fingerprint density at radius 1 is 1.38 bits per heavy atom. The second kappa shape index (κ2) is 4.62. The lowest BCUT2D eigenvalue weighted by Gasteiger charge is -2.20. The van der Waals surface area contributed by atoms with Crippen molar-refractivity contribution in [3.8, 4) is 0 Å². The molecule has 2 heterocycles. The van der Waals surface area contributed by atoms with Crippen molar-refractivity contribution < 1.29 is 9.90 Å². The molecular formula is C16H17N3O2. The van der Waals surface area contributed by atoms with E-state index in [0.29, 0.717) is 11.6 Å². The molecule has 5 heteroatoms. The van der Waals surface area contributed by atoms with Crippen LogP contribution >= 0.6 is 0 Å². The van der Waals surface area contributed by atoms with E-state index in [0.717, 1.165) is 25.2 Å². The number of imidazole rings is 1. The summed E-state index contributed by atoms with van der Waals surface area (Å²) in [7, 11) is 0. The van der Waals surface area contributed by atoms with E-state index in [9.17, 15) is 4.79 Å². The first kappa shape index (κ1) is 12.4. The molecule has 1 aromatic carbocycles. The van der Waals surface area contributed by atoms with Gasteiger partial charge in [0.2, 0.25) is 0 Å². The zero-order valence-electron chi connectivity index (χ0n) is 11.7. The van der Waals surface area contributed by atoms with E-state index < -0.39 is 5.97 Å². The molecule has 1 N–H and O–H groups in total. The fourth-order valence-electron chi connectivity index (χ4n) is 3.07. The lowest BCUT2D eigenvalue weighted by atomic mass is 10.1. The normalized spacial score (nSPS) is 17.0. The Kier molecular flexibility index (Phi) is 2.74. The summed E-state index contributed by atoms with van der Waals surface area (Å²) in [5, 5.41) is 9.15. The Morgan fingerprint density at radius 3 is 3.00 bits per heavy atom. The van der Waals surface area contributed by atoms with Gasteiger partial charge >= 0.3 is 5.97 Å². The number of anilines is 1. The minimum atomic E-state index is -0.868. The minimum absolute atomic E-state index is 0.358. The summed E-state index contributed by atoms with van der Waals surface area (Å²) in [6.07, 6.45) is 7.30. The molecule has 1 aromatic heterocycles. The van der Waals surface area contributed by atoms with Crippen LogP contribution < -0.4 is 4.90 Å². The van der Waals surface area contributed by atoms with Gasteiger partial charge < -0.3 is 14.6 Å². The predicted octanol–water partition coefficient (Wildman–Crippen LogP) is 2.48. The molecule has 1 saturated carbocycles. The molecule has 0 bridgehead atoms. The highest BCUT2D eigenvalue weighted by molar-refractivity contribution is 5.89. The van der Waals surface area contributed by atoms with Crippen molar-refractivity contribution in [2.75, 3.05) is 11.4 Å². The SMILES string of the molecule is O=C(O)c1ccc2c(c1)N(Cc1cncn1C1CC1)CC2. The van der Waals surface area contributed by atoms with Crippen LogP contribution in [0, 0.1) is 0 Å². The van der Waals surface area contributed by atoms with Crippen LogP contribution in [-0.4, -0.2) is 27.2 Å². The van der Waals surface area contributed by atoms with Gasteiger partial charge in [-0.1, -0.05) is 6.07 Å². The molecule has 0 amide bonds. The summed E-state index contributed by atoms with van der Waals surface area (Å²) < 4.78 is 2.26. The van der Waals surface area contributed by atoms with Gasteiger partial charge in [0.15, 0.2) is 0 Å². The molecule has 1 aliphatic carbocycles. The number of rotatable bonds is 4. The molecule has 1 fully saturated rings. The average Bonchev–Trinajstić information content (AvgIpc) is 3.09. The molecule has 108 valence electrons. The second-order valence-corrected chi connectivity index (χ2v) is 5.84. The summed E-state index contributed by atoms with van der Waals surface area (Å²) in [4.78, 5) is 17.7. The average molecular weight is 283 g/mol. The van der Waals surface area contributed by atoms with E-state index in [1.807, 2.05) is 18.6 Å². The van der Waals surface area contributed by atoms with Crippen molar-refractivity contribution in [3.05, 3.63) is 47.5 Å². The number of fused-ring (bicyclic) bond motifs is 1. The van der Waals surface area contributed by atoms with Crippen LogP contribution in [0.4, 0.5) is 5.69 Å². The Balaban J connectivity index is 1.62. The molecule has 0 spiro atoms. The minimum Gasteiger partial charge on any atom is -0.478 e. The number of benzene rings is 1. The molecule has 0 radical (unpaired) electrons. The Hall–Kier alpha value is -2.30. The smallest absolute Gasteiger partial charge is 0.335 e. The number of carbonyl (C=O) groups is 1. The largest absolute Gasteiger partial charge is 0.478 e. The molecule has 0 atom stereocenters. The molecule has 1 aliphatic heterocycles. The summed E-state index contributed by atoms with van der Waals surface area (Å²) in [5.74, 6) is -0.868. The maximum absolute atomic E-state index is 11.1. The van der Waals surface area contributed by atoms with Gasteiger partial charge in [0.25, 0.3) is 0 Å². The van der Waals surface area contributed by atoms with Gasteiger partial charge in [-0.2, -0.15) is 0 Å². The lowest BCUT2D eigenvalue weighted by molar-refractivity contribution is 0.0697. The number of nitrogens with zero attached hydrogens (tertiary/aromatic N) is 3. The molecule has 2 aliphatic rings. The van der Waals surface area contributed by atoms with Crippen molar-refractivity contribution in [3.63, 3.8) is 0 Å². The Morgan fingerprint density at radius 2 is 2.24 bits per heavy atom. The van der Waals surface area contributed by atoms with Crippen molar-refractivity contribution in [1.82, 2.24) is 9.55 Å². The first-order valence-electron chi connectivity index (χ1n) is 7.34. The van der Waals surface area contributed by atoms with Gasteiger partial charge in [0.1, 0.15) is 0 Å². The third-order valence-corrected chi connectivity index (χ3v) is 4.36. The van der Waals surface area contributed by atoms with Crippen molar-refractivity contribution in [2.45, 2.75) is 31.8 Å².